The molecule has 2 aromatic heterocycles. The summed E-state index contributed by atoms with van der Waals surface area (Å²) in [4.78, 5) is 28.1. The van der Waals surface area contributed by atoms with Crippen LogP contribution < -0.4 is 5.56 Å². The number of halogens is 1. The Labute approximate surface area is 130 Å². The molecule has 0 N–H and O–H groups in total. The van der Waals surface area contributed by atoms with Gasteiger partial charge < -0.3 is 4.74 Å². The molecule has 3 rings (SSSR count). The lowest BCUT2D eigenvalue weighted by atomic mass is 10.2. The van der Waals surface area contributed by atoms with E-state index < -0.39 is 5.97 Å². The molecule has 22 heavy (non-hydrogen) atoms. The van der Waals surface area contributed by atoms with Gasteiger partial charge in [0, 0.05) is 12.3 Å². The minimum Gasteiger partial charge on any atom is -0.456 e. The van der Waals surface area contributed by atoms with Crippen LogP contribution in [0.15, 0.2) is 59.5 Å². The Morgan fingerprint density at radius 3 is 2.73 bits per heavy atom. The first-order chi connectivity index (χ1) is 10.6. The summed E-state index contributed by atoms with van der Waals surface area (Å²) in [6, 6.07) is 13.2. The average Bonchev–Trinajstić information content (AvgIpc) is 2.54. The Morgan fingerprint density at radius 2 is 1.95 bits per heavy atom. The molecule has 2 heterocycles. The summed E-state index contributed by atoms with van der Waals surface area (Å²) in [5.74, 6) is -0.460. The van der Waals surface area contributed by atoms with Crippen LogP contribution in [0.4, 0.5) is 0 Å². The lowest BCUT2D eigenvalue weighted by molar-refractivity contribution is 0.0467. The van der Waals surface area contributed by atoms with E-state index in [1.165, 1.54) is 16.7 Å². The molecule has 0 spiro atoms. The maximum absolute atomic E-state index is 12.0. The molecule has 0 unspecified atom stereocenters. The first kappa shape index (κ1) is 14.3. The van der Waals surface area contributed by atoms with Crippen LogP contribution in [0.25, 0.3) is 5.65 Å². The van der Waals surface area contributed by atoms with Crippen LogP contribution in [0.2, 0.25) is 5.02 Å². The largest absolute Gasteiger partial charge is 0.456 e. The Hall–Kier alpha value is -2.66. The number of esters is 1. The van der Waals surface area contributed by atoms with Crippen LogP contribution in [0, 0.1) is 0 Å². The maximum atomic E-state index is 12.0. The van der Waals surface area contributed by atoms with E-state index in [0.717, 1.165) is 0 Å². The zero-order chi connectivity index (χ0) is 15.5. The van der Waals surface area contributed by atoms with Gasteiger partial charge in [-0.15, -0.1) is 0 Å². The molecule has 110 valence electrons. The van der Waals surface area contributed by atoms with Crippen molar-refractivity contribution in [2.24, 2.45) is 0 Å². The van der Waals surface area contributed by atoms with E-state index in [4.69, 9.17) is 16.3 Å². The smallest absolute Gasteiger partial charge is 0.338 e. The molecule has 1 aromatic carbocycles. The number of rotatable bonds is 3. The summed E-state index contributed by atoms with van der Waals surface area (Å²) in [6.07, 6.45) is 1.49. The second kappa shape index (κ2) is 5.99. The number of hydrogen-bond acceptors (Lipinski definition) is 4. The molecule has 0 bridgehead atoms. The van der Waals surface area contributed by atoms with E-state index in [0.29, 0.717) is 21.9 Å². The molecule has 5 nitrogen and oxygen atoms in total. The van der Waals surface area contributed by atoms with Crippen molar-refractivity contribution >= 4 is 23.2 Å². The first-order valence-corrected chi connectivity index (χ1v) is 6.91. The fourth-order valence-corrected chi connectivity index (χ4v) is 2.16. The molecule has 0 radical (unpaired) electrons. The number of nitrogens with zero attached hydrogens (tertiary/aromatic N) is 2. The van der Waals surface area contributed by atoms with Crippen LogP contribution in [-0.4, -0.2) is 15.4 Å². The van der Waals surface area contributed by atoms with E-state index >= 15 is 0 Å². The highest BCUT2D eigenvalue weighted by Crippen LogP contribution is 2.09. The summed E-state index contributed by atoms with van der Waals surface area (Å²) < 4.78 is 6.50. The van der Waals surface area contributed by atoms with E-state index in [1.54, 1.807) is 36.4 Å². The van der Waals surface area contributed by atoms with Crippen LogP contribution in [0.3, 0.4) is 0 Å². The van der Waals surface area contributed by atoms with E-state index in [1.807, 2.05) is 6.07 Å². The number of hydrogen-bond donors (Lipinski definition) is 0. The standard InChI is InChI=1S/C16H11ClN2O3/c17-12-6-7-14-18-13(8-15(20)19(14)9-12)10-22-16(21)11-4-2-1-3-5-11/h1-9H,10H2. The number of aromatic nitrogens is 2. The van der Waals surface area contributed by atoms with Crippen LogP contribution in [0.1, 0.15) is 16.1 Å². The second-order valence-electron chi connectivity index (χ2n) is 4.60. The fourth-order valence-electron chi connectivity index (χ4n) is 2.00. The summed E-state index contributed by atoms with van der Waals surface area (Å²) in [5.41, 5.74) is 1.00. The zero-order valence-electron chi connectivity index (χ0n) is 11.4. The van der Waals surface area contributed by atoms with Crippen molar-refractivity contribution in [3.05, 3.63) is 81.4 Å². The average molecular weight is 315 g/mol. The van der Waals surface area contributed by atoms with Gasteiger partial charge in [0.2, 0.25) is 0 Å². The molecule has 0 atom stereocenters. The molecule has 0 aliphatic rings. The quantitative estimate of drug-likeness (QED) is 0.697. The Balaban J connectivity index is 1.81. The zero-order valence-corrected chi connectivity index (χ0v) is 12.2. The molecule has 0 saturated heterocycles. The molecule has 0 amide bonds. The number of fused-ring (bicyclic) bond motifs is 1. The van der Waals surface area contributed by atoms with Gasteiger partial charge in [-0.1, -0.05) is 29.8 Å². The molecule has 0 aliphatic carbocycles. The fraction of sp³-hybridized carbons (Fsp3) is 0.0625. The van der Waals surface area contributed by atoms with Gasteiger partial charge in [-0.25, -0.2) is 9.78 Å². The third kappa shape index (κ3) is 2.99. The van der Waals surface area contributed by atoms with Gasteiger partial charge in [-0.2, -0.15) is 0 Å². The van der Waals surface area contributed by atoms with Crippen molar-refractivity contribution in [1.29, 1.82) is 0 Å². The van der Waals surface area contributed by atoms with E-state index in [-0.39, 0.29) is 12.2 Å². The second-order valence-corrected chi connectivity index (χ2v) is 5.04. The van der Waals surface area contributed by atoms with Gasteiger partial charge in [0.1, 0.15) is 12.3 Å². The Bertz CT molecular complexity index is 891. The van der Waals surface area contributed by atoms with Gasteiger partial charge in [-0.3, -0.25) is 9.20 Å². The number of benzene rings is 1. The lowest BCUT2D eigenvalue weighted by Crippen LogP contribution is -2.16. The van der Waals surface area contributed by atoms with Crippen molar-refractivity contribution in [3.63, 3.8) is 0 Å². The van der Waals surface area contributed by atoms with Crippen molar-refractivity contribution in [1.82, 2.24) is 9.38 Å². The van der Waals surface area contributed by atoms with Crippen LogP contribution >= 0.6 is 11.6 Å². The van der Waals surface area contributed by atoms with Gasteiger partial charge in [-0.05, 0) is 24.3 Å². The Morgan fingerprint density at radius 1 is 1.18 bits per heavy atom. The van der Waals surface area contributed by atoms with E-state index in [2.05, 4.69) is 4.98 Å². The number of ether oxygens (including phenoxy) is 1. The molecule has 0 fully saturated rings. The topological polar surface area (TPSA) is 60.7 Å². The Kier molecular flexibility index (Phi) is 3.89. The third-order valence-electron chi connectivity index (χ3n) is 3.04. The summed E-state index contributed by atoms with van der Waals surface area (Å²) in [6.45, 7) is -0.0674. The van der Waals surface area contributed by atoms with E-state index in [9.17, 15) is 9.59 Å². The molecule has 3 aromatic rings. The minimum absolute atomic E-state index is 0.0674. The highest BCUT2D eigenvalue weighted by molar-refractivity contribution is 6.30. The summed E-state index contributed by atoms with van der Waals surface area (Å²) in [5, 5.41) is 0.444. The number of carbonyl (C=O) groups excluding carboxylic acids is 1. The maximum Gasteiger partial charge on any atom is 0.338 e. The summed E-state index contributed by atoms with van der Waals surface area (Å²) >= 11 is 5.84. The third-order valence-corrected chi connectivity index (χ3v) is 3.26. The lowest BCUT2D eigenvalue weighted by Gasteiger charge is -2.06. The minimum atomic E-state index is -0.460. The van der Waals surface area contributed by atoms with Crippen LogP contribution in [-0.2, 0) is 11.3 Å². The predicted molar refractivity (Wildman–Crippen MR) is 82.0 cm³/mol. The monoisotopic (exact) mass is 314 g/mol. The van der Waals surface area contributed by atoms with Crippen molar-refractivity contribution in [3.8, 4) is 0 Å². The van der Waals surface area contributed by atoms with Gasteiger partial charge in [0.05, 0.1) is 16.3 Å². The number of carbonyl (C=O) groups is 1. The molecule has 0 saturated carbocycles. The van der Waals surface area contributed by atoms with Gasteiger partial charge in [0.25, 0.3) is 5.56 Å². The van der Waals surface area contributed by atoms with Crippen molar-refractivity contribution < 1.29 is 9.53 Å². The SMILES string of the molecule is O=C(OCc1cc(=O)n2cc(Cl)ccc2n1)c1ccccc1. The van der Waals surface area contributed by atoms with Crippen LogP contribution in [0.5, 0.6) is 0 Å². The number of pyridine rings is 1. The molecular formula is C16H11ClN2O3. The first-order valence-electron chi connectivity index (χ1n) is 6.53. The highest BCUT2D eigenvalue weighted by atomic mass is 35.5. The summed E-state index contributed by atoms with van der Waals surface area (Å²) in [7, 11) is 0. The highest BCUT2D eigenvalue weighted by Gasteiger charge is 2.08. The molecular weight excluding hydrogens is 304 g/mol. The molecule has 6 heteroatoms. The van der Waals surface area contributed by atoms with Gasteiger partial charge >= 0.3 is 5.97 Å². The molecule has 0 aliphatic heterocycles. The normalized spacial score (nSPS) is 10.6. The van der Waals surface area contributed by atoms with Crippen molar-refractivity contribution in [2.75, 3.05) is 0 Å². The predicted octanol–water partition coefficient (Wildman–Crippen LogP) is 2.70. The van der Waals surface area contributed by atoms with Crippen molar-refractivity contribution in [2.45, 2.75) is 6.61 Å². The van der Waals surface area contributed by atoms with Gasteiger partial charge in [0.15, 0.2) is 0 Å².